The van der Waals surface area contributed by atoms with Gasteiger partial charge in [0.1, 0.15) is 0 Å². The highest BCUT2D eigenvalue weighted by Crippen LogP contribution is 2.39. The van der Waals surface area contributed by atoms with Crippen molar-refractivity contribution in [2.75, 3.05) is 0 Å². The summed E-state index contributed by atoms with van der Waals surface area (Å²) in [5.74, 6) is 2.41. The molecule has 1 aromatic heterocycles. The minimum atomic E-state index is 0.265. The molecule has 2 rings (SSSR count). The van der Waals surface area contributed by atoms with Crippen LogP contribution in [0.25, 0.3) is 0 Å². The van der Waals surface area contributed by atoms with Crippen LogP contribution in [0.2, 0.25) is 0 Å². The second-order valence-corrected chi connectivity index (χ2v) is 6.31. The zero-order valence-corrected chi connectivity index (χ0v) is 11.4. The number of thiophene rings is 1. The van der Waals surface area contributed by atoms with Gasteiger partial charge in [0.2, 0.25) is 0 Å². The Bertz CT molecular complexity index is 344. The number of nitrogens with two attached hydrogens (primary N) is 1. The van der Waals surface area contributed by atoms with Crippen molar-refractivity contribution in [3.05, 3.63) is 21.9 Å². The third kappa shape index (κ3) is 2.33. The topological polar surface area (TPSA) is 26.0 Å². The molecule has 1 aromatic rings. The summed E-state index contributed by atoms with van der Waals surface area (Å²) in [5.41, 5.74) is 9.19. The minimum Gasteiger partial charge on any atom is -0.324 e. The Kier molecular flexibility index (Phi) is 3.70. The summed E-state index contributed by atoms with van der Waals surface area (Å²) in [7, 11) is 0. The van der Waals surface area contributed by atoms with Crippen molar-refractivity contribution in [1.82, 2.24) is 0 Å². The van der Waals surface area contributed by atoms with E-state index in [9.17, 15) is 0 Å². The molecule has 1 nitrogen and oxygen atoms in total. The highest BCUT2D eigenvalue weighted by molar-refractivity contribution is 7.08. The standard InChI is InChI=1S/C14H23NS/c1-9-4-5-12(6-10(9)2)14(15)13-8-16-7-11(13)3/h7-10,12,14H,4-6,15H2,1-3H3. The quantitative estimate of drug-likeness (QED) is 0.822. The number of rotatable bonds is 2. The Morgan fingerprint density at radius 2 is 2.00 bits per heavy atom. The fourth-order valence-electron chi connectivity index (χ4n) is 2.88. The van der Waals surface area contributed by atoms with E-state index in [1.165, 1.54) is 30.4 Å². The van der Waals surface area contributed by atoms with Gasteiger partial charge in [0.05, 0.1) is 0 Å². The molecule has 1 heterocycles. The highest BCUT2D eigenvalue weighted by atomic mass is 32.1. The summed E-state index contributed by atoms with van der Waals surface area (Å²) in [6.45, 7) is 6.94. The van der Waals surface area contributed by atoms with Crippen LogP contribution in [0.3, 0.4) is 0 Å². The van der Waals surface area contributed by atoms with Crippen LogP contribution >= 0.6 is 11.3 Å². The number of hydrogen-bond donors (Lipinski definition) is 1. The Morgan fingerprint density at radius 3 is 2.56 bits per heavy atom. The molecule has 0 spiro atoms. The van der Waals surface area contributed by atoms with Gasteiger partial charge >= 0.3 is 0 Å². The van der Waals surface area contributed by atoms with Crippen molar-refractivity contribution < 1.29 is 0 Å². The van der Waals surface area contributed by atoms with Gasteiger partial charge in [-0.15, -0.1) is 0 Å². The molecule has 2 heteroatoms. The molecule has 0 aliphatic heterocycles. The molecule has 1 aliphatic rings. The van der Waals surface area contributed by atoms with E-state index >= 15 is 0 Å². The predicted octanol–water partition coefficient (Wildman–Crippen LogP) is 4.13. The Labute approximate surface area is 103 Å². The van der Waals surface area contributed by atoms with E-state index in [-0.39, 0.29) is 6.04 Å². The summed E-state index contributed by atoms with van der Waals surface area (Å²) < 4.78 is 0. The van der Waals surface area contributed by atoms with Gasteiger partial charge in [0.25, 0.3) is 0 Å². The van der Waals surface area contributed by atoms with Crippen molar-refractivity contribution in [3.8, 4) is 0 Å². The zero-order chi connectivity index (χ0) is 11.7. The molecule has 4 unspecified atom stereocenters. The highest BCUT2D eigenvalue weighted by Gasteiger charge is 2.29. The van der Waals surface area contributed by atoms with Crippen molar-refractivity contribution in [2.24, 2.45) is 23.5 Å². The monoisotopic (exact) mass is 237 g/mol. The van der Waals surface area contributed by atoms with Gasteiger partial charge < -0.3 is 5.73 Å². The smallest absolute Gasteiger partial charge is 0.0334 e. The molecule has 1 saturated carbocycles. The van der Waals surface area contributed by atoms with Gasteiger partial charge in [-0.3, -0.25) is 0 Å². The maximum Gasteiger partial charge on any atom is 0.0334 e. The first-order valence-electron chi connectivity index (χ1n) is 6.38. The predicted molar refractivity (Wildman–Crippen MR) is 71.7 cm³/mol. The first-order chi connectivity index (χ1) is 7.59. The van der Waals surface area contributed by atoms with E-state index in [2.05, 4.69) is 31.5 Å². The van der Waals surface area contributed by atoms with Crippen molar-refractivity contribution >= 4 is 11.3 Å². The van der Waals surface area contributed by atoms with E-state index in [0.717, 1.165) is 11.8 Å². The third-order valence-electron chi connectivity index (χ3n) is 4.40. The van der Waals surface area contributed by atoms with E-state index in [4.69, 9.17) is 5.73 Å². The average Bonchev–Trinajstić information content (AvgIpc) is 2.67. The Hall–Kier alpha value is -0.340. The molecule has 2 N–H and O–H groups in total. The molecule has 1 aliphatic carbocycles. The lowest BCUT2D eigenvalue weighted by atomic mass is 9.72. The molecule has 0 bridgehead atoms. The molecule has 0 radical (unpaired) electrons. The maximum absolute atomic E-state index is 6.43. The van der Waals surface area contributed by atoms with Crippen LogP contribution < -0.4 is 5.73 Å². The molecular formula is C14H23NS. The van der Waals surface area contributed by atoms with Crippen LogP contribution in [-0.4, -0.2) is 0 Å². The van der Waals surface area contributed by atoms with Gasteiger partial charge in [-0.25, -0.2) is 0 Å². The first-order valence-corrected chi connectivity index (χ1v) is 7.32. The molecule has 0 saturated heterocycles. The molecule has 90 valence electrons. The molecule has 0 amide bonds. The van der Waals surface area contributed by atoms with E-state index in [1.54, 1.807) is 11.3 Å². The fraction of sp³-hybridized carbons (Fsp3) is 0.714. The van der Waals surface area contributed by atoms with Crippen LogP contribution in [0.15, 0.2) is 10.8 Å². The Balaban J connectivity index is 2.06. The lowest BCUT2D eigenvalue weighted by molar-refractivity contribution is 0.186. The van der Waals surface area contributed by atoms with Crippen molar-refractivity contribution in [1.29, 1.82) is 0 Å². The normalized spacial score (nSPS) is 32.6. The zero-order valence-electron chi connectivity index (χ0n) is 10.6. The Morgan fingerprint density at radius 1 is 1.25 bits per heavy atom. The average molecular weight is 237 g/mol. The summed E-state index contributed by atoms with van der Waals surface area (Å²) in [6.07, 6.45) is 3.96. The molecule has 16 heavy (non-hydrogen) atoms. The van der Waals surface area contributed by atoms with E-state index in [0.29, 0.717) is 5.92 Å². The fourth-order valence-corrected chi connectivity index (χ4v) is 3.78. The van der Waals surface area contributed by atoms with Crippen LogP contribution in [0.5, 0.6) is 0 Å². The first kappa shape index (κ1) is 12.1. The van der Waals surface area contributed by atoms with Gasteiger partial charge in [-0.05, 0) is 59.4 Å². The van der Waals surface area contributed by atoms with E-state index < -0.39 is 0 Å². The molecule has 1 fully saturated rings. The lowest BCUT2D eigenvalue weighted by Gasteiger charge is -2.35. The van der Waals surface area contributed by atoms with Gasteiger partial charge in [-0.1, -0.05) is 20.3 Å². The van der Waals surface area contributed by atoms with Gasteiger partial charge in [-0.2, -0.15) is 11.3 Å². The molecular weight excluding hydrogens is 214 g/mol. The SMILES string of the molecule is Cc1cscc1C(N)C1CCC(C)C(C)C1. The number of hydrogen-bond acceptors (Lipinski definition) is 2. The maximum atomic E-state index is 6.43. The molecule has 4 atom stereocenters. The second kappa shape index (κ2) is 4.89. The summed E-state index contributed by atoms with van der Waals surface area (Å²) >= 11 is 1.78. The van der Waals surface area contributed by atoms with E-state index in [1.807, 2.05) is 0 Å². The summed E-state index contributed by atoms with van der Waals surface area (Å²) in [4.78, 5) is 0. The second-order valence-electron chi connectivity index (χ2n) is 5.56. The van der Waals surface area contributed by atoms with Crippen LogP contribution in [-0.2, 0) is 0 Å². The number of aryl methyl sites for hydroxylation is 1. The third-order valence-corrected chi connectivity index (χ3v) is 5.28. The summed E-state index contributed by atoms with van der Waals surface area (Å²) in [6, 6.07) is 0.265. The van der Waals surface area contributed by atoms with Gasteiger partial charge in [0, 0.05) is 6.04 Å². The largest absolute Gasteiger partial charge is 0.324 e. The summed E-state index contributed by atoms with van der Waals surface area (Å²) in [5, 5.41) is 4.45. The van der Waals surface area contributed by atoms with Gasteiger partial charge in [0.15, 0.2) is 0 Å². The van der Waals surface area contributed by atoms with Crippen LogP contribution in [0, 0.1) is 24.7 Å². The van der Waals surface area contributed by atoms with Crippen LogP contribution in [0.4, 0.5) is 0 Å². The minimum absolute atomic E-state index is 0.265. The van der Waals surface area contributed by atoms with Crippen molar-refractivity contribution in [3.63, 3.8) is 0 Å². The van der Waals surface area contributed by atoms with Crippen LogP contribution in [0.1, 0.15) is 50.3 Å². The van der Waals surface area contributed by atoms with Crippen molar-refractivity contribution in [2.45, 2.75) is 46.1 Å². The molecule has 0 aromatic carbocycles. The lowest BCUT2D eigenvalue weighted by Crippen LogP contribution is -2.29.